The van der Waals surface area contributed by atoms with Crippen LogP contribution in [0.2, 0.25) is 0 Å². The number of rotatable bonds is 26. The lowest BCUT2D eigenvalue weighted by Gasteiger charge is -2.11. The third-order valence-electron chi connectivity index (χ3n) is 7.58. The van der Waals surface area contributed by atoms with Crippen LogP contribution in [0.3, 0.4) is 0 Å². The molecule has 0 bridgehead atoms. The van der Waals surface area contributed by atoms with Gasteiger partial charge in [0.2, 0.25) is 0 Å². The first-order valence-electron chi connectivity index (χ1n) is 15.1. The van der Waals surface area contributed by atoms with Crippen molar-refractivity contribution in [2.24, 2.45) is 11.8 Å². The molecule has 192 valence electrons. The summed E-state index contributed by atoms with van der Waals surface area (Å²) in [6.45, 7) is 8.56. The van der Waals surface area contributed by atoms with Gasteiger partial charge in [-0.3, -0.25) is 4.79 Å². The van der Waals surface area contributed by atoms with Crippen molar-refractivity contribution in [1.82, 2.24) is 0 Å². The highest BCUT2D eigenvalue weighted by molar-refractivity contribution is 5.77. The van der Waals surface area contributed by atoms with E-state index in [-0.39, 0.29) is 5.92 Å². The Hall–Kier alpha value is -0.330. The Morgan fingerprint density at radius 2 is 0.750 bits per heavy atom. The van der Waals surface area contributed by atoms with Gasteiger partial charge in [0.15, 0.2) is 0 Å². The van der Waals surface area contributed by atoms with E-state index in [0.29, 0.717) is 5.78 Å². The predicted molar refractivity (Wildman–Crippen MR) is 145 cm³/mol. The van der Waals surface area contributed by atoms with Gasteiger partial charge in [0.25, 0.3) is 0 Å². The summed E-state index contributed by atoms with van der Waals surface area (Å²) in [4.78, 5) is 11.2. The quantitative estimate of drug-likeness (QED) is 0.120. The zero-order valence-electron chi connectivity index (χ0n) is 23.0. The average molecular weight is 451 g/mol. The molecule has 1 heteroatoms. The van der Waals surface area contributed by atoms with Gasteiger partial charge in [-0.25, -0.2) is 0 Å². The van der Waals surface area contributed by atoms with Gasteiger partial charge >= 0.3 is 0 Å². The van der Waals surface area contributed by atoms with E-state index in [4.69, 9.17) is 0 Å². The first-order chi connectivity index (χ1) is 15.6. The molecule has 0 amide bonds. The molecule has 0 saturated heterocycles. The van der Waals surface area contributed by atoms with Gasteiger partial charge in [-0.15, -0.1) is 0 Å². The van der Waals surface area contributed by atoms with Gasteiger partial charge in [0.05, 0.1) is 0 Å². The van der Waals surface area contributed by atoms with Crippen LogP contribution in [0.15, 0.2) is 0 Å². The minimum Gasteiger partial charge on any atom is -0.300 e. The van der Waals surface area contributed by atoms with Crippen LogP contribution >= 0.6 is 0 Å². The van der Waals surface area contributed by atoms with Gasteiger partial charge < -0.3 is 0 Å². The molecule has 0 fully saturated rings. The molecule has 0 aromatic carbocycles. The molecule has 1 nitrogen and oxygen atoms in total. The van der Waals surface area contributed by atoms with Crippen molar-refractivity contribution >= 4 is 5.78 Å². The van der Waals surface area contributed by atoms with Gasteiger partial charge in [-0.2, -0.15) is 0 Å². The predicted octanol–water partition coefficient (Wildman–Crippen LogP) is 11.2. The second-order valence-electron chi connectivity index (χ2n) is 11.1. The standard InChI is InChI=1S/C31H62O/c1-5-6-7-8-9-10-11-12-13-14-15-16-17-18-20-23-26-29(2)27-24-21-19-22-25-28-30(3)31(4)32/h29-30H,5-28H2,1-4H3/t29-,30+/m0/s1. The van der Waals surface area contributed by atoms with Crippen molar-refractivity contribution in [3.63, 3.8) is 0 Å². The number of hydrogen-bond donors (Lipinski definition) is 0. The van der Waals surface area contributed by atoms with E-state index in [1.54, 1.807) is 6.92 Å². The molecule has 0 aliphatic carbocycles. The topological polar surface area (TPSA) is 17.1 Å². The summed E-state index contributed by atoms with van der Waals surface area (Å²) in [7, 11) is 0. The Labute approximate surface area is 204 Å². The van der Waals surface area contributed by atoms with E-state index in [2.05, 4.69) is 20.8 Å². The summed E-state index contributed by atoms with van der Waals surface area (Å²) in [5.74, 6) is 1.54. The molecule has 0 aliphatic rings. The molecular formula is C31H62O. The number of hydrogen-bond acceptors (Lipinski definition) is 1. The van der Waals surface area contributed by atoms with Gasteiger partial charge in [0, 0.05) is 5.92 Å². The molecule has 0 spiro atoms. The molecule has 0 heterocycles. The molecule has 0 N–H and O–H groups in total. The SMILES string of the molecule is CCCCCCCCCCCCCCCCCC[C@H](C)CCCCCCC[C@@H](C)C(C)=O. The van der Waals surface area contributed by atoms with Crippen molar-refractivity contribution in [1.29, 1.82) is 0 Å². The summed E-state index contributed by atoms with van der Waals surface area (Å²) in [6.07, 6.45) is 34.0. The van der Waals surface area contributed by atoms with Gasteiger partial charge in [0.1, 0.15) is 5.78 Å². The van der Waals surface area contributed by atoms with Gasteiger partial charge in [-0.05, 0) is 19.3 Å². The first kappa shape index (κ1) is 31.7. The molecule has 32 heavy (non-hydrogen) atoms. The number of unbranched alkanes of at least 4 members (excludes halogenated alkanes) is 19. The van der Waals surface area contributed by atoms with Crippen molar-refractivity contribution in [3.05, 3.63) is 0 Å². The molecule has 0 aromatic rings. The molecule has 2 atom stereocenters. The third-order valence-corrected chi connectivity index (χ3v) is 7.58. The maximum absolute atomic E-state index is 11.2. The molecule has 0 saturated carbocycles. The second kappa shape index (κ2) is 25.3. The van der Waals surface area contributed by atoms with Crippen molar-refractivity contribution in [3.8, 4) is 0 Å². The summed E-state index contributed by atoms with van der Waals surface area (Å²) < 4.78 is 0. The first-order valence-corrected chi connectivity index (χ1v) is 15.1. The lowest BCUT2D eigenvalue weighted by molar-refractivity contribution is -0.120. The smallest absolute Gasteiger partial charge is 0.132 e. The highest BCUT2D eigenvalue weighted by Gasteiger charge is 2.06. The van der Waals surface area contributed by atoms with E-state index >= 15 is 0 Å². The number of carbonyl (C=O) groups excluding carboxylic acids is 1. The van der Waals surface area contributed by atoms with Crippen molar-refractivity contribution < 1.29 is 4.79 Å². The van der Waals surface area contributed by atoms with Crippen molar-refractivity contribution in [2.45, 2.75) is 182 Å². The van der Waals surface area contributed by atoms with Crippen LogP contribution in [-0.2, 0) is 4.79 Å². The van der Waals surface area contributed by atoms with E-state index in [9.17, 15) is 4.79 Å². The second-order valence-corrected chi connectivity index (χ2v) is 11.1. The molecule has 0 aliphatic heterocycles. The Bertz CT molecular complexity index is 375. The lowest BCUT2D eigenvalue weighted by Crippen LogP contribution is -2.05. The molecule has 0 unspecified atom stereocenters. The number of ketones is 1. The summed E-state index contributed by atoms with van der Waals surface area (Å²) in [5, 5.41) is 0. The summed E-state index contributed by atoms with van der Waals surface area (Å²) in [5.41, 5.74) is 0. The third kappa shape index (κ3) is 24.3. The van der Waals surface area contributed by atoms with Gasteiger partial charge in [-0.1, -0.05) is 168 Å². The molecule has 0 radical (unpaired) electrons. The Morgan fingerprint density at radius 1 is 0.469 bits per heavy atom. The molecule has 0 rings (SSSR count). The van der Waals surface area contributed by atoms with Crippen LogP contribution in [0.25, 0.3) is 0 Å². The van der Waals surface area contributed by atoms with E-state index in [1.807, 2.05) is 0 Å². The Kier molecular flexibility index (Phi) is 25.0. The van der Waals surface area contributed by atoms with Crippen LogP contribution in [0.5, 0.6) is 0 Å². The lowest BCUT2D eigenvalue weighted by atomic mass is 9.95. The molecule has 0 aromatic heterocycles. The van der Waals surface area contributed by atoms with Crippen LogP contribution in [0.1, 0.15) is 182 Å². The zero-order chi connectivity index (χ0) is 23.7. The summed E-state index contributed by atoms with van der Waals surface area (Å²) >= 11 is 0. The monoisotopic (exact) mass is 450 g/mol. The van der Waals surface area contributed by atoms with E-state index in [1.165, 1.54) is 148 Å². The fourth-order valence-corrected chi connectivity index (χ4v) is 4.86. The highest BCUT2D eigenvalue weighted by atomic mass is 16.1. The van der Waals surface area contributed by atoms with Crippen LogP contribution in [0.4, 0.5) is 0 Å². The number of carbonyl (C=O) groups is 1. The normalized spacial score (nSPS) is 13.4. The minimum atomic E-state index is 0.273. The van der Waals surface area contributed by atoms with E-state index < -0.39 is 0 Å². The Morgan fingerprint density at radius 3 is 1.06 bits per heavy atom. The maximum atomic E-state index is 11.2. The Balaban J connectivity index is 3.19. The largest absolute Gasteiger partial charge is 0.300 e. The summed E-state index contributed by atoms with van der Waals surface area (Å²) in [6, 6.07) is 0. The van der Waals surface area contributed by atoms with Crippen LogP contribution in [0, 0.1) is 11.8 Å². The maximum Gasteiger partial charge on any atom is 0.132 e. The number of Topliss-reactive ketones (excluding diaryl/α,β-unsaturated/α-hetero) is 1. The van der Waals surface area contributed by atoms with Crippen LogP contribution in [-0.4, -0.2) is 5.78 Å². The van der Waals surface area contributed by atoms with E-state index in [0.717, 1.165) is 12.3 Å². The fraction of sp³-hybridized carbons (Fsp3) is 0.968. The minimum absolute atomic E-state index is 0.273. The van der Waals surface area contributed by atoms with Crippen molar-refractivity contribution in [2.75, 3.05) is 0 Å². The van der Waals surface area contributed by atoms with Crippen LogP contribution < -0.4 is 0 Å². The zero-order valence-corrected chi connectivity index (χ0v) is 23.0. The average Bonchev–Trinajstić information content (AvgIpc) is 2.77. The highest BCUT2D eigenvalue weighted by Crippen LogP contribution is 2.19. The fourth-order valence-electron chi connectivity index (χ4n) is 4.86. The molecular weight excluding hydrogens is 388 g/mol.